The average Bonchev–Trinajstić information content (AvgIpc) is 3.14. The van der Waals surface area contributed by atoms with Crippen LogP contribution in [0.1, 0.15) is 11.6 Å². The van der Waals surface area contributed by atoms with Gasteiger partial charge in [0.25, 0.3) is 0 Å². The highest BCUT2D eigenvalue weighted by atomic mass is 15.6. The fourth-order valence-electron chi connectivity index (χ4n) is 2.62. The van der Waals surface area contributed by atoms with Gasteiger partial charge in [-0.1, -0.05) is 35.6 Å². The minimum atomic E-state index is 0.0145. The van der Waals surface area contributed by atoms with E-state index in [0.29, 0.717) is 6.54 Å². The molecule has 3 aromatic rings. The van der Waals surface area contributed by atoms with Crippen LogP contribution in [-0.4, -0.2) is 16.5 Å². The Labute approximate surface area is 134 Å². The van der Waals surface area contributed by atoms with E-state index in [1.54, 1.807) is 12.4 Å². The van der Waals surface area contributed by atoms with Gasteiger partial charge >= 0.3 is 0 Å². The minimum absolute atomic E-state index is 0.0145. The van der Waals surface area contributed by atoms with Gasteiger partial charge in [-0.25, -0.2) is 9.99 Å². The Morgan fingerprint density at radius 3 is 2.52 bits per heavy atom. The number of aromatic nitrogens is 2. The Balaban J connectivity index is 1.57. The van der Waals surface area contributed by atoms with E-state index < -0.39 is 0 Å². The molecule has 0 N–H and O–H groups in total. The molecule has 23 heavy (non-hydrogen) atoms. The predicted octanol–water partition coefficient (Wildman–Crippen LogP) is 4.07. The maximum Gasteiger partial charge on any atom is 0.150 e. The molecule has 2 aromatic heterocycles. The van der Waals surface area contributed by atoms with Crippen LogP contribution in [-0.2, 0) is 0 Å². The Kier molecular flexibility index (Phi) is 3.52. The Bertz CT molecular complexity index is 817. The molecule has 0 saturated carbocycles. The molecule has 0 radical (unpaired) electrons. The lowest BCUT2D eigenvalue weighted by atomic mass is 10.0. The zero-order chi connectivity index (χ0) is 15.5. The molecular weight excluding hydrogens is 286 g/mol. The molecule has 3 heterocycles. The first-order valence-corrected chi connectivity index (χ1v) is 7.51. The number of hydrogen-bond donors (Lipinski definition) is 0. The Morgan fingerprint density at radius 2 is 1.74 bits per heavy atom. The van der Waals surface area contributed by atoms with Crippen molar-refractivity contribution in [3.8, 4) is 11.3 Å². The summed E-state index contributed by atoms with van der Waals surface area (Å²) >= 11 is 0. The van der Waals surface area contributed by atoms with Gasteiger partial charge in [-0.2, -0.15) is 5.11 Å². The molecular formula is C18H15N5. The molecule has 1 aromatic carbocycles. The molecule has 1 atom stereocenters. The van der Waals surface area contributed by atoms with E-state index in [1.165, 1.54) is 0 Å². The van der Waals surface area contributed by atoms with Crippen molar-refractivity contribution in [3.63, 3.8) is 0 Å². The van der Waals surface area contributed by atoms with Gasteiger partial charge in [0.2, 0.25) is 0 Å². The summed E-state index contributed by atoms with van der Waals surface area (Å²) in [5.41, 5.74) is 3.19. The fraction of sp³-hybridized carbons (Fsp3) is 0.111. The molecule has 112 valence electrons. The van der Waals surface area contributed by atoms with E-state index in [4.69, 9.17) is 0 Å². The molecule has 0 bridgehead atoms. The summed E-state index contributed by atoms with van der Waals surface area (Å²) in [6, 6.07) is 20.0. The van der Waals surface area contributed by atoms with E-state index in [1.807, 2.05) is 47.5 Å². The van der Waals surface area contributed by atoms with Crippen molar-refractivity contribution in [2.45, 2.75) is 6.04 Å². The number of hydrogen-bond acceptors (Lipinski definition) is 5. The maximum atomic E-state index is 4.40. The van der Waals surface area contributed by atoms with Gasteiger partial charge in [0.1, 0.15) is 11.9 Å². The van der Waals surface area contributed by atoms with Gasteiger partial charge in [-0.3, -0.25) is 4.98 Å². The van der Waals surface area contributed by atoms with Crippen LogP contribution < -0.4 is 5.01 Å². The first-order valence-electron chi connectivity index (χ1n) is 7.51. The largest absolute Gasteiger partial charge is 0.256 e. The smallest absolute Gasteiger partial charge is 0.150 e. The summed E-state index contributed by atoms with van der Waals surface area (Å²) in [4.78, 5) is 8.72. The summed E-state index contributed by atoms with van der Waals surface area (Å²) in [7, 11) is 0. The molecule has 0 aliphatic carbocycles. The Hall–Kier alpha value is -3.08. The van der Waals surface area contributed by atoms with Crippen LogP contribution >= 0.6 is 0 Å². The molecule has 0 fully saturated rings. The second-order valence-corrected chi connectivity index (χ2v) is 5.33. The van der Waals surface area contributed by atoms with Crippen LogP contribution in [0.25, 0.3) is 11.3 Å². The fourth-order valence-corrected chi connectivity index (χ4v) is 2.62. The lowest BCUT2D eigenvalue weighted by Crippen LogP contribution is -2.17. The van der Waals surface area contributed by atoms with Gasteiger partial charge in [0, 0.05) is 18.0 Å². The quantitative estimate of drug-likeness (QED) is 0.732. The third-order valence-electron chi connectivity index (χ3n) is 3.79. The number of benzene rings is 1. The van der Waals surface area contributed by atoms with E-state index >= 15 is 0 Å². The molecule has 5 nitrogen and oxygen atoms in total. The molecule has 4 rings (SSSR count). The summed E-state index contributed by atoms with van der Waals surface area (Å²) < 4.78 is 0. The monoisotopic (exact) mass is 301 g/mol. The molecule has 1 unspecified atom stereocenters. The van der Waals surface area contributed by atoms with E-state index in [0.717, 1.165) is 22.6 Å². The van der Waals surface area contributed by atoms with Crippen molar-refractivity contribution in [3.05, 3.63) is 78.6 Å². The van der Waals surface area contributed by atoms with Crippen molar-refractivity contribution in [2.75, 3.05) is 11.6 Å². The maximum absolute atomic E-state index is 4.40. The van der Waals surface area contributed by atoms with Gasteiger partial charge in [-0.05, 0) is 35.9 Å². The van der Waals surface area contributed by atoms with Crippen molar-refractivity contribution in [1.29, 1.82) is 0 Å². The molecule has 0 spiro atoms. The number of anilines is 1. The van der Waals surface area contributed by atoms with E-state index in [-0.39, 0.29) is 6.04 Å². The third-order valence-corrected chi connectivity index (χ3v) is 3.79. The lowest BCUT2D eigenvalue weighted by Gasteiger charge is -2.13. The van der Waals surface area contributed by atoms with Gasteiger partial charge in [-0.15, -0.1) is 0 Å². The second kappa shape index (κ2) is 5.96. The molecule has 5 heteroatoms. The van der Waals surface area contributed by atoms with Crippen molar-refractivity contribution in [2.24, 2.45) is 10.3 Å². The molecule has 1 aliphatic rings. The predicted molar refractivity (Wildman–Crippen MR) is 88.9 cm³/mol. The van der Waals surface area contributed by atoms with Crippen LogP contribution in [0.3, 0.4) is 0 Å². The number of nitrogens with zero attached hydrogens (tertiary/aromatic N) is 5. The van der Waals surface area contributed by atoms with Crippen molar-refractivity contribution < 1.29 is 0 Å². The number of rotatable bonds is 3. The molecule has 0 saturated heterocycles. The van der Waals surface area contributed by atoms with Crippen LogP contribution in [0, 0.1) is 0 Å². The van der Waals surface area contributed by atoms with Gasteiger partial charge in [0.05, 0.1) is 12.2 Å². The van der Waals surface area contributed by atoms with Crippen LogP contribution in [0.15, 0.2) is 83.4 Å². The summed E-state index contributed by atoms with van der Waals surface area (Å²) in [5, 5.41) is 10.5. The van der Waals surface area contributed by atoms with E-state index in [9.17, 15) is 0 Å². The minimum Gasteiger partial charge on any atom is -0.256 e. The first-order chi connectivity index (χ1) is 11.4. The normalized spacial score (nSPS) is 16.7. The summed E-state index contributed by atoms with van der Waals surface area (Å²) in [6.45, 7) is 0.697. The second-order valence-electron chi connectivity index (χ2n) is 5.33. The van der Waals surface area contributed by atoms with E-state index in [2.05, 4.69) is 38.5 Å². The van der Waals surface area contributed by atoms with Crippen molar-refractivity contribution in [1.82, 2.24) is 9.97 Å². The van der Waals surface area contributed by atoms with Gasteiger partial charge < -0.3 is 0 Å². The highest BCUT2D eigenvalue weighted by molar-refractivity contribution is 5.60. The molecule has 1 aliphatic heterocycles. The first kappa shape index (κ1) is 13.6. The third kappa shape index (κ3) is 2.81. The highest BCUT2D eigenvalue weighted by Gasteiger charge is 2.23. The van der Waals surface area contributed by atoms with Crippen LogP contribution in [0.2, 0.25) is 0 Å². The average molecular weight is 301 g/mol. The van der Waals surface area contributed by atoms with Gasteiger partial charge in [0.15, 0.2) is 0 Å². The molecule has 0 amide bonds. The lowest BCUT2D eigenvalue weighted by molar-refractivity contribution is 0.776. The summed E-state index contributed by atoms with van der Waals surface area (Å²) in [6.07, 6.45) is 3.57. The number of pyridine rings is 2. The summed E-state index contributed by atoms with van der Waals surface area (Å²) in [5.74, 6) is 0.819. The Morgan fingerprint density at radius 1 is 0.870 bits per heavy atom. The highest BCUT2D eigenvalue weighted by Crippen LogP contribution is 2.29. The van der Waals surface area contributed by atoms with Crippen LogP contribution in [0.5, 0.6) is 0 Å². The van der Waals surface area contributed by atoms with Crippen LogP contribution in [0.4, 0.5) is 5.82 Å². The topological polar surface area (TPSA) is 53.7 Å². The zero-order valence-corrected chi connectivity index (χ0v) is 12.4. The van der Waals surface area contributed by atoms with Crippen molar-refractivity contribution >= 4 is 5.82 Å². The standard InChI is InChI=1S/C18H15N5/c1-3-10-19-16(8-1)14-6-5-7-15(12-14)17-13-23(22-21-17)18-9-2-4-11-20-18/h1-12,17H,13H2. The zero-order valence-electron chi connectivity index (χ0n) is 12.4. The SMILES string of the molecule is c1ccc(-c2cccc(C3CN(c4ccccn4)N=N3)c2)nc1.